The van der Waals surface area contributed by atoms with Crippen molar-refractivity contribution < 1.29 is 15.0 Å². The van der Waals surface area contributed by atoms with Crippen molar-refractivity contribution in [1.29, 1.82) is 0 Å². The molecule has 0 bridgehead atoms. The zero-order chi connectivity index (χ0) is 13.2. The van der Waals surface area contributed by atoms with E-state index in [0.717, 1.165) is 0 Å². The van der Waals surface area contributed by atoms with Crippen molar-refractivity contribution in [3.63, 3.8) is 0 Å². The van der Waals surface area contributed by atoms with E-state index in [1.54, 1.807) is 11.1 Å². The summed E-state index contributed by atoms with van der Waals surface area (Å²) in [5.41, 5.74) is 3.40. The zero-order valence-electron chi connectivity index (χ0n) is 11.0. The molecule has 3 heteroatoms. The van der Waals surface area contributed by atoms with Gasteiger partial charge in [0.25, 0.3) is 0 Å². The molecule has 0 saturated carbocycles. The van der Waals surface area contributed by atoms with Crippen LogP contribution in [0, 0.1) is 0 Å². The molecule has 0 radical (unpaired) electrons. The summed E-state index contributed by atoms with van der Waals surface area (Å²) in [7, 11) is 0. The third-order valence-electron chi connectivity index (χ3n) is 3.49. The van der Waals surface area contributed by atoms with Crippen molar-refractivity contribution in [2.75, 3.05) is 0 Å². The van der Waals surface area contributed by atoms with Gasteiger partial charge in [-0.05, 0) is 62.5 Å². The second-order valence-corrected chi connectivity index (χ2v) is 4.94. The van der Waals surface area contributed by atoms with Crippen LogP contribution in [0.4, 0.5) is 4.79 Å². The van der Waals surface area contributed by atoms with Crippen LogP contribution in [0.3, 0.4) is 0 Å². The molecule has 102 valence electrons. The smallest absolute Gasteiger partial charge is 0.450 e. The Morgan fingerprint density at radius 3 is 1.56 bits per heavy atom. The molecule has 0 aromatic rings. The van der Waals surface area contributed by atoms with Crippen LogP contribution in [0.1, 0.15) is 64.2 Å². The average Bonchev–Trinajstić information content (AvgIpc) is 2.73. The van der Waals surface area contributed by atoms with Gasteiger partial charge >= 0.3 is 6.16 Å². The van der Waals surface area contributed by atoms with E-state index in [9.17, 15) is 0 Å². The summed E-state index contributed by atoms with van der Waals surface area (Å²) in [5.74, 6) is 0. The van der Waals surface area contributed by atoms with E-state index in [-0.39, 0.29) is 0 Å². The van der Waals surface area contributed by atoms with Crippen molar-refractivity contribution in [2.45, 2.75) is 64.2 Å². The molecule has 0 saturated heterocycles. The van der Waals surface area contributed by atoms with Gasteiger partial charge in [0.05, 0.1) is 0 Å². The molecule has 2 N–H and O–H groups in total. The highest BCUT2D eigenvalue weighted by Gasteiger charge is 2.09. The standard InChI is InChI=1S/C14H22.CH2O3/c1-2-6-10-13(9-5-1)14-11-7-3-4-8-12-14;2-1(3)4/h9,11H,1-8,10,12H2;(H2,2,3,4). The van der Waals surface area contributed by atoms with E-state index < -0.39 is 6.16 Å². The summed E-state index contributed by atoms with van der Waals surface area (Å²) in [5, 5.41) is 13.9. The van der Waals surface area contributed by atoms with E-state index in [2.05, 4.69) is 12.2 Å². The molecule has 3 nitrogen and oxygen atoms in total. The Labute approximate surface area is 109 Å². The summed E-state index contributed by atoms with van der Waals surface area (Å²) in [6.07, 6.45) is 17.1. The summed E-state index contributed by atoms with van der Waals surface area (Å²) in [4.78, 5) is 8.56. The van der Waals surface area contributed by atoms with Gasteiger partial charge in [0.1, 0.15) is 0 Å². The molecule has 2 rings (SSSR count). The monoisotopic (exact) mass is 252 g/mol. The largest absolute Gasteiger partial charge is 0.503 e. The van der Waals surface area contributed by atoms with E-state index in [4.69, 9.17) is 15.0 Å². The average molecular weight is 252 g/mol. The summed E-state index contributed by atoms with van der Waals surface area (Å²) < 4.78 is 0. The molecular formula is C15H24O3. The SMILES string of the molecule is C1=C(C2=CCCCCC2)CCCCC1.O=C(O)O. The minimum Gasteiger partial charge on any atom is -0.450 e. The van der Waals surface area contributed by atoms with Crippen LogP contribution < -0.4 is 0 Å². The van der Waals surface area contributed by atoms with Crippen molar-refractivity contribution >= 4 is 6.16 Å². The second-order valence-electron chi connectivity index (χ2n) is 4.94. The maximum absolute atomic E-state index is 8.56. The third-order valence-corrected chi connectivity index (χ3v) is 3.49. The maximum Gasteiger partial charge on any atom is 0.503 e. The minimum atomic E-state index is -1.83. The topological polar surface area (TPSA) is 57.5 Å². The predicted octanol–water partition coefficient (Wildman–Crippen LogP) is 4.99. The first-order valence-corrected chi connectivity index (χ1v) is 7.00. The lowest BCUT2D eigenvalue weighted by molar-refractivity contribution is 0.137. The number of allylic oxidation sites excluding steroid dienone is 4. The molecule has 0 spiro atoms. The van der Waals surface area contributed by atoms with Gasteiger partial charge in [0.15, 0.2) is 0 Å². The fourth-order valence-corrected chi connectivity index (χ4v) is 2.61. The molecule has 0 aliphatic heterocycles. The maximum atomic E-state index is 8.56. The van der Waals surface area contributed by atoms with Gasteiger partial charge in [0.2, 0.25) is 0 Å². The highest BCUT2D eigenvalue weighted by molar-refractivity contribution is 5.53. The molecule has 0 amide bonds. The summed E-state index contributed by atoms with van der Waals surface area (Å²) in [6.45, 7) is 0. The second kappa shape index (κ2) is 8.78. The minimum absolute atomic E-state index is 1.33. The molecular weight excluding hydrogens is 228 g/mol. The molecule has 0 aromatic carbocycles. The first-order chi connectivity index (χ1) is 8.70. The number of rotatable bonds is 1. The van der Waals surface area contributed by atoms with Crippen LogP contribution in [0.2, 0.25) is 0 Å². The van der Waals surface area contributed by atoms with E-state index in [0.29, 0.717) is 0 Å². The molecule has 2 aliphatic carbocycles. The van der Waals surface area contributed by atoms with E-state index in [1.165, 1.54) is 64.2 Å². The summed E-state index contributed by atoms with van der Waals surface area (Å²) >= 11 is 0. The van der Waals surface area contributed by atoms with Crippen molar-refractivity contribution in [1.82, 2.24) is 0 Å². The number of hydrogen-bond donors (Lipinski definition) is 2. The fraction of sp³-hybridized carbons (Fsp3) is 0.667. The van der Waals surface area contributed by atoms with Gasteiger partial charge in [-0.25, -0.2) is 4.79 Å². The molecule has 0 aromatic heterocycles. The van der Waals surface area contributed by atoms with Crippen molar-refractivity contribution in [3.8, 4) is 0 Å². The molecule has 0 heterocycles. The zero-order valence-corrected chi connectivity index (χ0v) is 11.0. The number of hydrogen-bond acceptors (Lipinski definition) is 1. The lowest BCUT2D eigenvalue weighted by atomic mass is 9.97. The Morgan fingerprint density at radius 2 is 1.17 bits per heavy atom. The Morgan fingerprint density at radius 1 is 0.778 bits per heavy atom. The molecule has 2 aliphatic rings. The Kier molecular flexibility index (Phi) is 7.23. The van der Waals surface area contributed by atoms with Gasteiger partial charge in [-0.3, -0.25) is 0 Å². The van der Waals surface area contributed by atoms with Gasteiger partial charge in [0, 0.05) is 0 Å². The van der Waals surface area contributed by atoms with Crippen LogP contribution in [0.15, 0.2) is 23.3 Å². The lowest BCUT2D eigenvalue weighted by Gasteiger charge is -2.09. The van der Waals surface area contributed by atoms with Crippen molar-refractivity contribution in [2.24, 2.45) is 0 Å². The lowest BCUT2D eigenvalue weighted by Crippen LogP contribution is -1.89. The Hall–Kier alpha value is -1.25. The molecule has 0 unspecified atom stereocenters. The summed E-state index contributed by atoms with van der Waals surface area (Å²) in [6, 6.07) is 0. The first-order valence-electron chi connectivity index (χ1n) is 7.00. The predicted molar refractivity (Wildman–Crippen MR) is 73.0 cm³/mol. The first kappa shape index (κ1) is 14.8. The molecule has 0 fully saturated rings. The number of carbonyl (C=O) groups is 1. The Balaban J connectivity index is 0.000000357. The highest BCUT2D eigenvalue weighted by Crippen LogP contribution is 2.29. The number of carboxylic acid groups (broad SMARTS) is 2. The van der Waals surface area contributed by atoms with E-state index >= 15 is 0 Å². The van der Waals surface area contributed by atoms with Crippen LogP contribution >= 0.6 is 0 Å². The van der Waals surface area contributed by atoms with Crippen LogP contribution in [0.5, 0.6) is 0 Å². The molecule has 0 atom stereocenters. The van der Waals surface area contributed by atoms with Gasteiger partial charge in [-0.15, -0.1) is 0 Å². The third kappa shape index (κ3) is 6.48. The van der Waals surface area contributed by atoms with Crippen LogP contribution in [-0.4, -0.2) is 16.4 Å². The molecule has 18 heavy (non-hydrogen) atoms. The quantitative estimate of drug-likeness (QED) is 0.691. The van der Waals surface area contributed by atoms with Gasteiger partial charge in [-0.1, -0.05) is 25.0 Å². The van der Waals surface area contributed by atoms with Crippen LogP contribution in [0.25, 0.3) is 0 Å². The highest BCUT2D eigenvalue weighted by atomic mass is 16.6. The van der Waals surface area contributed by atoms with Crippen LogP contribution in [-0.2, 0) is 0 Å². The fourth-order valence-electron chi connectivity index (χ4n) is 2.61. The van der Waals surface area contributed by atoms with E-state index in [1.807, 2.05) is 0 Å². The normalized spacial score (nSPS) is 20.4. The van der Waals surface area contributed by atoms with Gasteiger partial charge < -0.3 is 10.2 Å². The van der Waals surface area contributed by atoms with Gasteiger partial charge in [-0.2, -0.15) is 0 Å². The Bertz CT molecular complexity index is 286. The van der Waals surface area contributed by atoms with Crippen molar-refractivity contribution in [3.05, 3.63) is 23.3 Å².